The molecule has 0 aliphatic carbocycles. The van der Waals surface area contributed by atoms with E-state index in [2.05, 4.69) is 49.1 Å². The van der Waals surface area contributed by atoms with Gasteiger partial charge in [-0.05, 0) is 57.8 Å². The molecule has 0 bridgehead atoms. The summed E-state index contributed by atoms with van der Waals surface area (Å²) in [4.78, 5) is 20.8. The summed E-state index contributed by atoms with van der Waals surface area (Å²) in [6, 6.07) is 1.86. The summed E-state index contributed by atoms with van der Waals surface area (Å²) in [5.41, 5.74) is 0. The first-order chi connectivity index (χ1) is 14.7. The quantitative estimate of drug-likeness (QED) is 0.213. The number of hydrogen-bond donors (Lipinski definition) is 2. The van der Waals surface area contributed by atoms with E-state index in [0.29, 0.717) is 0 Å². The lowest BCUT2D eigenvalue weighted by molar-refractivity contribution is 0.192. The number of likely N-dealkylation sites (tertiary alicyclic amines) is 1. The van der Waals surface area contributed by atoms with Crippen molar-refractivity contribution in [3.05, 3.63) is 18.5 Å². The molecule has 1 aromatic heterocycles. The number of hydrogen-bond acceptors (Lipinski definition) is 6. The fourth-order valence-corrected chi connectivity index (χ4v) is 4.07. The summed E-state index contributed by atoms with van der Waals surface area (Å²) >= 11 is 0. The second-order valence-electron chi connectivity index (χ2n) is 8.44. The standard InChI is InChI=1S/C22H40N8.HI/c1-3-23-21(24-10-5-12-28-13-6-20(2)7-14-28)25-11-15-29-16-18-30(19-17-29)22-26-8-4-9-27-22;/h4,8-9,20H,3,5-7,10-19H2,1-2H3,(H2,23,24,25);1H. The number of halogens is 1. The Labute approximate surface area is 205 Å². The number of anilines is 1. The van der Waals surface area contributed by atoms with E-state index in [1.165, 1.54) is 32.5 Å². The molecule has 0 unspecified atom stereocenters. The number of rotatable bonds is 9. The molecule has 3 heterocycles. The molecule has 2 N–H and O–H groups in total. The smallest absolute Gasteiger partial charge is 0.225 e. The zero-order valence-corrected chi connectivity index (χ0v) is 21.6. The van der Waals surface area contributed by atoms with E-state index in [-0.39, 0.29) is 24.0 Å². The van der Waals surface area contributed by atoms with Crippen LogP contribution in [0.15, 0.2) is 23.5 Å². The van der Waals surface area contributed by atoms with Crippen molar-refractivity contribution in [3.8, 4) is 0 Å². The Bertz CT molecular complexity index is 613. The van der Waals surface area contributed by atoms with Crippen molar-refractivity contribution in [3.63, 3.8) is 0 Å². The van der Waals surface area contributed by atoms with Crippen LogP contribution in [0.5, 0.6) is 0 Å². The Morgan fingerprint density at radius 1 is 1.00 bits per heavy atom. The number of nitrogens with one attached hydrogen (secondary N) is 2. The van der Waals surface area contributed by atoms with Gasteiger partial charge in [-0.2, -0.15) is 0 Å². The number of nitrogens with zero attached hydrogens (tertiary/aromatic N) is 6. The van der Waals surface area contributed by atoms with Crippen LogP contribution in [-0.4, -0.2) is 97.7 Å². The van der Waals surface area contributed by atoms with Crippen LogP contribution in [0.1, 0.15) is 33.1 Å². The summed E-state index contributed by atoms with van der Waals surface area (Å²) in [5, 5.41) is 6.88. The molecule has 0 saturated carbocycles. The Morgan fingerprint density at radius 3 is 2.35 bits per heavy atom. The minimum Gasteiger partial charge on any atom is -0.357 e. The van der Waals surface area contributed by atoms with Gasteiger partial charge >= 0.3 is 0 Å². The third kappa shape index (κ3) is 9.44. The van der Waals surface area contributed by atoms with Crippen LogP contribution < -0.4 is 15.5 Å². The highest BCUT2D eigenvalue weighted by molar-refractivity contribution is 14.0. The first kappa shape index (κ1) is 26.1. The van der Waals surface area contributed by atoms with E-state index in [4.69, 9.17) is 4.99 Å². The monoisotopic (exact) mass is 544 g/mol. The minimum absolute atomic E-state index is 0. The molecule has 0 spiro atoms. The van der Waals surface area contributed by atoms with Crippen LogP contribution in [-0.2, 0) is 0 Å². The topological polar surface area (TPSA) is 71.9 Å². The molecule has 0 atom stereocenters. The third-order valence-corrected chi connectivity index (χ3v) is 6.05. The maximum atomic E-state index is 4.77. The van der Waals surface area contributed by atoms with Crippen molar-refractivity contribution in [1.82, 2.24) is 30.4 Å². The molecule has 9 heteroatoms. The van der Waals surface area contributed by atoms with Gasteiger partial charge < -0.3 is 20.4 Å². The summed E-state index contributed by atoms with van der Waals surface area (Å²) in [7, 11) is 0. The Kier molecular flexibility index (Phi) is 12.4. The highest BCUT2D eigenvalue weighted by Gasteiger charge is 2.18. The van der Waals surface area contributed by atoms with Crippen molar-refractivity contribution in [2.75, 3.05) is 76.9 Å². The molecule has 3 rings (SSSR count). The van der Waals surface area contributed by atoms with E-state index in [0.717, 1.165) is 76.6 Å². The number of aromatic nitrogens is 2. The lowest BCUT2D eigenvalue weighted by Gasteiger charge is -2.34. The third-order valence-electron chi connectivity index (χ3n) is 6.05. The average molecular weight is 545 g/mol. The molecular weight excluding hydrogens is 503 g/mol. The highest BCUT2D eigenvalue weighted by Crippen LogP contribution is 2.15. The van der Waals surface area contributed by atoms with Gasteiger partial charge in [0.2, 0.25) is 5.95 Å². The fourth-order valence-electron chi connectivity index (χ4n) is 4.07. The van der Waals surface area contributed by atoms with Crippen LogP contribution in [0.2, 0.25) is 0 Å². The molecule has 2 aliphatic rings. The minimum atomic E-state index is 0. The van der Waals surface area contributed by atoms with Crippen molar-refractivity contribution < 1.29 is 0 Å². The Morgan fingerprint density at radius 2 is 1.68 bits per heavy atom. The zero-order valence-electron chi connectivity index (χ0n) is 19.3. The molecule has 31 heavy (non-hydrogen) atoms. The number of guanidine groups is 1. The fraction of sp³-hybridized carbons (Fsp3) is 0.773. The van der Waals surface area contributed by atoms with Crippen LogP contribution in [0.25, 0.3) is 0 Å². The zero-order chi connectivity index (χ0) is 21.0. The van der Waals surface area contributed by atoms with Gasteiger partial charge in [-0.25, -0.2) is 9.97 Å². The first-order valence-corrected chi connectivity index (χ1v) is 11.7. The van der Waals surface area contributed by atoms with Gasteiger partial charge in [-0.3, -0.25) is 9.89 Å². The van der Waals surface area contributed by atoms with E-state index in [1.807, 2.05) is 18.5 Å². The van der Waals surface area contributed by atoms with E-state index in [1.54, 1.807) is 0 Å². The maximum absolute atomic E-state index is 4.77. The number of piperazine rings is 1. The molecule has 1 aromatic rings. The van der Waals surface area contributed by atoms with Gasteiger partial charge in [0.1, 0.15) is 0 Å². The molecule has 2 saturated heterocycles. The molecule has 2 aliphatic heterocycles. The molecule has 0 aromatic carbocycles. The predicted molar refractivity (Wildman–Crippen MR) is 140 cm³/mol. The second kappa shape index (κ2) is 14.8. The lowest BCUT2D eigenvalue weighted by atomic mass is 9.99. The van der Waals surface area contributed by atoms with Gasteiger partial charge in [0.25, 0.3) is 0 Å². The molecule has 2 fully saturated rings. The van der Waals surface area contributed by atoms with E-state index in [9.17, 15) is 0 Å². The highest BCUT2D eigenvalue weighted by atomic mass is 127. The van der Waals surface area contributed by atoms with Crippen molar-refractivity contribution in [2.24, 2.45) is 10.9 Å². The van der Waals surface area contributed by atoms with Crippen LogP contribution in [0.4, 0.5) is 5.95 Å². The number of aliphatic imine (C=N–C) groups is 1. The van der Waals surface area contributed by atoms with Crippen molar-refractivity contribution in [2.45, 2.75) is 33.1 Å². The van der Waals surface area contributed by atoms with Crippen LogP contribution in [0.3, 0.4) is 0 Å². The summed E-state index contributed by atoms with van der Waals surface area (Å²) in [6.45, 7) is 15.9. The van der Waals surface area contributed by atoms with Crippen molar-refractivity contribution in [1.29, 1.82) is 0 Å². The SMILES string of the molecule is CCNC(=NCCCN1CCC(C)CC1)NCCN1CCN(c2ncccn2)CC1.I. The molecule has 8 nitrogen and oxygen atoms in total. The lowest BCUT2D eigenvalue weighted by Crippen LogP contribution is -2.49. The maximum Gasteiger partial charge on any atom is 0.225 e. The molecular formula is C22H41IN8. The summed E-state index contributed by atoms with van der Waals surface area (Å²) < 4.78 is 0. The normalized spacial score (nSPS) is 19.2. The Hall–Kier alpha value is -1.20. The first-order valence-electron chi connectivity index (χ1n) is 11.7. The van der Waals surface area contributed by atoms with Gasteiger partial charge in [-0.1, -0.05) is 6.92 Å². The van der Waals surface area contributed by atoms with Gasteiger partial charge in [0.15, 0.2) is 5.96 Å². The second-order valence-corrected chi connectivity index (χ2v) is 8.44. The van der Waals surface area contributed by atoms with E-state index >= 15 is 0 Å². The van der Waals surface area contributed by atoms with Crippen LogP contribution in [0, 0.1) is 5.92 Å². The largest absolute Gasteiger partial charge is 0.357 e. The summed E-state index contributed by atoms with van der Waals surface area (Å²) in [5.74, 6) is 2.69. The summed E-state index contributed by atoms with van der Waals surface area (Å²) in [6.07, 6.45) is 7.45. The van der Waals surface area contributed by atoms with Crippen molar-refractivity contribution >= 4 is 35.9 Å². The van der Waals surface area contributed by atoms with Gasteiger partial charge in [0.05, 0.1) is 0 Å². The predicted octanol–water partition coefficient (Wildman–Crippen LogP) is 1.89. The van der Waals surface area contributed by atoms with Gasteiger partial charge in [-0.15, -0.1) is 24.0 Å². The average Bonchev–Trinajstić information content (AvgIpc) is 2.79. The molecule has 0 amide bonds. The number of piperidine rings is 1. The Balaban J connectivity index is 0.00000341. The molecule has 0 radical (unpaired) electrons. The molecule has 176 valence electrons. The van der Waals surface area contributed by atoms with E-state index < -0.39 is 0 Å². The van der Waals surface area contributed by atoms with Gasteiger partial charge in [0, 0.05) is 64.8 Å². The van der Waals surface area contributed by atoms with Crippen LogP contribution >= 0.6 is 24.0 Å².